The highest BCUT2D eigenvalue weighted by Crippen LogP contribution is 2.17. The topological polar surface area (TPSA) is 23.6 Å². The molecule has 1 amide bonds. The number of piperazine rings is 1. The van der Waals surface area contributed by atoms with Crippen LogP contribution in [0.1, 0.15) is 25.3 Å². The Labute approximate surface area is 130 Å². The molecular formula is C16H23BrN2O. The monoisotopic (exact) mass is 338 g/mol. The average molecular weight is 339 g/mol. The minimum atomic E-state index is 0.243. The van der Waals surface area contributed by atoms with E-state index in [9.17, 15) is 4.79 Å². The first-order valence-corrected chi connectivity index (χ1v) is 8.23. The third-order valence-corrected chi connectivity index (χ3v) is 4.63. The van der Waals surface area contributed by atoms with Crippen molar-refractivity contribution in [3.05, 3.63) is 34.3 Å². The van der Waals surface area contributed by atoms with Crippen molar-refractivity contribution in [1.29, 1.82) is 0 Å². The van der Waals surface area contributed by atoms with Gasteiger partial charge in [0.05, 0.1) is 6.42 Å². The van der Waals surface area contributed by atoms with Gasteiger partial charge in [-0.15, -0.1) is 0 Å². The summed E-state index contributed by atoms with van der Waals surface area (Å²) in [5.74, 6) is 0.243. The van der Waals surface area contributed by atoms with Crippen LogP contribution in [0.25, 0.3) is 0 Å². The van der Waals surface area contributed by atoms with E-state index in [0.29, 0.717) is 6.42 Å². The number of hydrogen-bond donors (Lipinski definition) is 0. The van der Waals surface area contributed by atoms with Gasteiger partial charge in [-0.1, -0.05) is 47.5 Å². The third-order valence-electron chi connectivity index (χ3n) is 3.85. The standard InChI is InChI=1S/C16H23BrN2O/c1-2-3-8-18-9-11-19(12-10-18)16(20)13-14-6-4-5-7-15(14)17/h4-7H,2-3,8-13H2,1H3. The fourth-order valence-electron chi connectivity index (χ4n) is 2.52. The van der Waals surface area contributed by atoms with Crippen LogP contribution in [0.4, 0.5) is 0 Å². The lowest BCUT2D eigenvalue weighted by atomic mass is 10.1. The number of benzene rings is 1. The van der Waals surface area contributed by atoms with Crippen LogP contribution in [0.3, 0.4) is 0 Å². The Morgan fingerprint density at radius 2 is 1.90 bits per heavy atom. The van der Waals surface area contributed by atoms with Gasteiger partial charge in [-0.25, -0.2) is 0 Å². The largest absolute Gasteiger partial charge is 0.340 e. The Morgan fingerprint density at radius 3 is 2.55 bits per heavy atom. The van der Waals surface area contributed by atoms with Crippen molar-refractivity contribution in [3.63, 3.8) is 0 Å². The second-order valence-corrected chi connectivity index (χ2v) is 6.20. The van der Waals surface area contributed by atoms with Crippen molar-refractivity contribution >= 4 is 21.8 Å². The molecule has 1 heterocycles. The lowest BCUT2D eigenvalue weighted by Crippen LogP contribution is -2.49. The number of amides is 1. The van der Waals surface area contributed by atoms with E-state index in [-0.39, 0.29) is 5.91 Å². The number of halogens is 1. The molecular weight excluding hydrogens is 316 g/mol. The summed E-state index contributed by atoms with van der Waals surface area (Å²) in [6.45, 7) is 7.16. The zero-order valence-electron chi connectivity index (χ0n) is 12.1. The molecule has 2 rings (SSSR count). The summed E-state index contributed by atoms with van der Waals surface area (Å²) < 4.78 is 1.02. The SMILES string of the molecule is CCCCN1CCN(C(=O)Cc2ccccc2Br)CC1. The van der Waals surface area contributed by atoms with Crippen LogP contribution in [-0.4, -0.2) is 48.4 Å². The summed E-state index contributed by atoms with van der Waals surface area (Å²) in [5.41, 5.74) is 1.07. The number of unbranched alkanes of at least 4 members (excludes halogenated alkanes) is 1. The second kappa shape index (κ2) is 7.79. The Hall–Kier alpha value is -0.870. The molecule has 1 fully saturated rings. The van der Waals surface area contributed by atoms with Crippen LogP contribution >= 0.6 is 15.9 Å². The molecule has 1 aliphatic heterocycles. The lowest BCUT2D eigenvalue weighted by Gasteiger charge is -2.34. The zero-order valence-corrected chi connectivity index (χ0v) is 13.7. The number of carbonyl (C=O) groups excluding carboxylic acids is 1. The molecule has 20 heavy (non-hydrogen) atoms. The Balaban J connectivity index is 1.82. The lowest BCUT2D eigenvalue weighted by molar-refractivity contribution is -0.132. The first kappa shape index (κ1) is 15.5. The molecule has 0 N–H and O–H groups in total. The van der Waals surface area contributed by atoms with Gasteiger partial charge in [0, 0.05) is 30.7 Å². The van der Waals surface area contributed by atoms with Gasteiger partial charge >= 0.3 is 0 Å². The van der Waals surface area contributed by atoms with Crippen LogP contribution < -0.4 is 0 Å². The predicted octanol–water partition coefficient (Wildman–Crippen LogP) is 2.94. The van der Waals surface area contributed by atoms with Gasteiger partial charge in [0.1, 0.15) is 0 Å². The van der Waals surface area contributed by atoms with Crippen molar-refractivity contribution in [2.45, 2.75) is 26.2 Å². The van der Waals surface area contributed by atoms with Gasteiger partial charge < -0.3 is 4.90 Å². The summed E-state index contributed by atoms with van der Waals surface area (Å²) in [4.78, 5) is 16.8. The molecule has 110 valence electrons. The van der Waals surface area contributed by atoms with E-state index in [0.717, 1.165) is 36.2 Å². The normalized spacial score (nSPS) is 16.4. The van der Waals surface area contributed by atoms with Crippen LogP contribution in [0.15, 0.2) is 28.7 Å². The number of rotatable bonds is 5. The minimum Gasteiger partial charge on any atom is -0.340 e. The second-order valence-electron chi connectivity index (χ2n) is 5.34. The molecule has 0 spiro atoms. The minimum absolute atomic E-state index is 0.243. The van der Waals surface area contributed by atoms with Crippen LogP contribution in [0, 0.1) is 0 Å². The number of nitrogens with zero attached hydrogens (tertiary/aromatic N) is 2. The van der Waals surface area contributed by atoms with E-state index in [4.69, 9.17) is 0 Å². The summed E-state index contributed by atoms with van der Waals surface area (Å²) >= 11 is 3.51. The Kier molecular flexibility index (Phi) is 6.05. The van der Waals surface area contributed by atoms with E-state index >= 15 is 0 Å². The van der Waals surface area contributed by atoms with E-state index in [1.165, 1.54) is 19.4 Å². The molecule has 0 bridgehead atoms. The van der Waals surface area contributed by atoms with Crippen molar-refractivity contribution in [1.82, 2.24) is 9.80 Å². The average Bonchev–Trinajstić information content (AvgIpc) is 2.48. The molecule has 1 aliphatic rings. The number of carbonyl (C=O) groups is 1. The molecule has 0 atom stereocenters. The van der Waals surface area contributed by atoms with E-state index in [1.807, 2.05) is 29.2 Å². The molecule has 0 aliphatic carbocycles. The fourth-order valence-corrected chi connectivity index (χ4v) is 2.94. The predicted molar refractivity (Wildman–Crippen MR) is 85.8 cm³/mol. The highest BCUT2D eigenvalue weighted by atomic mass is 79.9. The maximum absolute atomic E-state index is 12.3. The first-order valence-electron chi connectivity index (χ1n) is 7.44. The molecule has 0 unspecified atom stereocenters. The van der Waals surface area contributed by atoms with E-state index < -0.39 is 0 Å². The molecule has 0 radical (unpaired) electrons. The van der Waals surface area contributed by atoms with Gasteiger partial charge in [0.2, 0.25) is 5.91 Å². The quantitative estimate of drug-likeness (QED) is 0.824. The smallest absolute Gasteiger partial charge is 0.227 e. The van der Waals surface area contributed by atoms with Crippen LogP contribution in [0.2, 0.25) is 0 Å². The van der Waals surface area contributed by atoms with E-state index in [2.05, 4.69) is 27.8 Å². The molecule has 0 saturated carbocycles. The van der Waals surface area contributed by atoms with Crippen molar-refractivity contribution < 1.29 is 4.79 Å². The summed E-state index contributed by atoms with van der Waals surface area (Å²) in [6, 6.07) is 7.96. The summed E-state index contributed by atoms with van der Waals surface area (Å²) in [6.07, 6.45) is 2.99. The van der Waals surface area contributed by atoms with Gasteiger partial charge in [0.15, 0.2) is 0 Å². The highest BCUT2D eigenvalue weighted by molar-refractivity contribution is 9.10. The Bertz CT molecular complexity index is 442. The van der Waals surface area contributed by atoms with Gasteiger partial charge in [-0.2, -0.15) is 0 Å². The maximum Gasteiger partial charge on any atom is 0.227 e. The fraction of sp³-hybridized carbons (Fsp3) is 0.562. The van der Waals surface area contributed by atoms with Crippen molar-refractivity contribution in [3.8, 4) is 0 Å². The van der Waals surface area contributed by atoms with Gasteiger partial charge in [-0.05, 0) is 24.6 Å². The van der Waals surface area contributed by atoms with Gasteiger partial charge in [-0.3, -0.25) is 9.69 Å². The van der Waals surface area contributed by atoms with Crippen molar-refractivity contribution in [2.75, 3.05) is 32.7 Å². The highest BCUT2D eigenvalue weighted by Gasteiger charge is 2.21. The zero-order chi connectivity index (χ0) is 14.4. The summed E-state index contributed by atoms with van der Waals surface area (Å²) in [5, 5.41) is 0. The van der Waals surface area contributed by atoms with Crippen LogP contribution in [0.5, 0.6) is 0 Å². The molecule has 1 saturated heterocycles. The number of hydrogen-bond acceptors (Lipinski definition) is 2. The molecule has 3 nitrogen and oxygen atoms in total. The Morgan fingerprint density at radius 1 is 1.20 bits per heavy atom. The van der Waals surface area contributed by atoms with Crippen LogP contribution in [-0.2, 0) is 11.2 Å². The molecule has 1 aromatic carbocycles. The molecule has 0 aromatic heterocycles. The third kappa shape index (κ3) is 4.32. The maximum atomic E-state index is 12.3. The molecule has 1 aromatic rings. The van der Waals surface area contributed by atoms with Crippen molar-refractivity contribution in [2.24, 2.45) is 0 Å². The molecule has 4 heteroatoms. The van der Waals surface area contributed by atoms with E-state index in [1.54, 1.807) is 0 Å². The summed E-state index contributed by atoms with van der Waals surface area (Å²) in [7, 11) is 0. The first-order chi connectivity index (χ1) is 9.70. The van der Waals surface area contributed by atoms with Gasteiger partial charge in [0.25, 0.3) is 0 Å².